The number of carbonyl (C=O) groups is 1. The molecule has 3 rings (SSSR count). The Labute approximate surface area is 120 Å². The first-order valence-corrected chi connectivity index (χ1v) is 6.50. The van der Waals surface area contributed by atoms with Crippen LogP contribution in [0.5, 0.6) is 11.5 Å². The quantitative estimate of drug-likeness (QED) is 0.861. The smallest absolute Gasteiger partial charge is 0.289 e. The Balaban J connectivity index is 1.52. The highest BCUT2D eigenvalue weighted by molar-refractivity contribution is 5.91. The van der Waals surface area contributed by atoms with E-state index in [0.29, 0.717) is 30.0 Å². The number of hydrogen-bond donors (Lipinski definition) is 2. The van der Waals surface area contributed by atoms with Gasteiger partial charge in [0.05, 0.1) is 12.3 Å². The van der Waals surface area contributed by atoms with Gasteiger partial charge in [0.15, 0.2) is 11.5 Å². The first kappa shape index (κ1) is 13.4. The zero-order valence-electron chi connectivity index (χ0n) is 11.1. The van der Waals surface area contributed by atoms with Gasteiger partial charge in [0.25, 0.3) is 5.91 Å². The van der Waals surface area contributed by atoms with Crippen LogP contribution in [0.3, 0.4) is 0 Å². The third kappa shape index (κ3) is 2.97. The minimum atomic E-state index is -0.700. The highest BCUT2D eigenvalue weighted by atomic mass is 16.7. The first-order chi connectivity index (χ1) is 10.2. The van der Waals surface area contributed by atoms with E-state index >= 15 is 0 Å². The number of aliphatic hydroxyl groups excluding tert-OH is 1. The van der Waals surface area contributed by atoms with E-state index < -0.39 is 6.10 Å². The first-order valence-electron chi connectivity index (χ1n) is 6.50. The molecular weight excluding hydrogens is 276 g/mol. The highest BCUT2D eigenvalue weighted by Gasteiger charge is 2.17. The number of rotatable bonds is 5. The van der Waals surface area contributed by atoms with Crippen LogP contribution in [0.15, 0.2) is 35.0 Å². The van der Waals surface area contributed by atoms with Crippen LogP contribution in [0, 0.1) is 0 Å². The van der Waals surface area contributed by atoms with E-state index in [1.807, 2.05) is 0 Å². The van der Waals surface area contributed by atoms with E-state index in [1.165, 1.54) is 12.3 Å². The van der Waals surface area contributed by atoms with E-state index in [4.69, 9.17) is 14.0 Å². The fourth-order valence-corrected chi connectivity index (χ4v) is 2.03. The largest absolute Gasteiger partial charge is 0.454 e. The van der Waals surface area contributed by atoms with Crippen LogP contribution in [0.4, 0.5) is 0 Å². The second-order valence-electron chi connectivity index (χ2n) is 4.55. The Morgan fingerprint density at radius 3 is 3.00 bits per heavy atom. The SMILES string of the molecule is O=C(NCCC(O)c1ccc2c(c1)OCO2)c1ccno1. The van der Waals surface area contributed by atoms with Crippen LogP contribution in [0.1, 0.15) is 28.6 Å². The molecule has 2 aromatic rings. The summed E-state index contributed by atoms with van der Waals surface area (Å²) in [6, 6.07) is 6.75. The van der Waals surface area contributed by atoms with Gasteiger partial charge >= 0.3 is 0 Å². The van der Waals surface area contributed by atoms with Crippen LogP contribution in [0.25, 0.3) is 0 Å². The number of aliphatic hydroxyl groups is 1. The van der Waals surface area contributed by atoms with E-state index in [2.05, 4.69) is 10.5 Å². The number of aromatic nitrogens is 1. The molecule has 2 heterocycles. The van der Waals surface area contributed by atoms with E-state index in [-0.39, 0.29) is 18.5 Å². The monoisotopic (exact) mass is 290 g/mol. The Morgan fingerprint density at radius 1 is 1.33 bits per heavy atom. The molecule has 1 amide bonds. The molecule has 1 aromatic heterocycles. The van der Waals surface area contributed by atoms with Crippen molar-refractivity contribution in [2.45, 2.75) is 12.5 Å². The van der Waals surface area contributed by atoms with Crippen molar-refractivity contribution < 1.29 is 23.9 Å². The summed E-state index contributed by atoms with van der Waals surface area (Å²) < 4.78 is 15.2. The molecule has 7 nitrogen and oxygen atoms in total. The molecule has 1 atom stereocenters. The lowest BCUT2D eigenvalue weighted by atomic mass is 10.1. The maximum atomic E-state index is 11.6. The minimum absolute atomic E-state index is 0.146. The van der Waals surface area contributed by atoms with Gasteiger partial charge in [-0.25, -0.2) is 0 Å². The van der Waals surface area contributed by atoms with Gasteiger partial charge in [0, 0.05) is 12.6 Å². The third-order valence-electron chi connectivity index (χ3n) is 3.15. The number of benzene rings is 1. The van der Waals surface area contributed by atoms with E-state index in [1.54, 1.807) is 18.2 Å². The van der Waals surface area contributed by atoms with Crippen LogP contribution in [-0.4, -0.2) is 29.5 Å². The summed E-state index contributed by atoms with van der Waals surface area (Å²) in [6.07, 6.45) is 1.07. The maximum Gasteiger partial charge on any atom is 0.289 e. The molecule has 0 bridgehead atoms. The van der Waals surface area contributed by atoms with Crippen molar-refractivity contribution in [3.63, 3.8) is 0 Å². The summed E-state index contributed by atoms with van der Waals surface area (Å²) in [4.78, 5) is 11.6. The lowest BCUT2D eigenvalue weighted by Crippen LogP contribution is -2.25. The number of hydrogen-bond acceptors (Lipinski definition) is 6. The van der Waals surface area contributed by atoms with Crippen molar-refractivity contribution in [2.24, 2.45) is 0 Å². The Hall–Kier alpha value is -2.54. The van der Waals surface area contributed by atoms with Crippen molar-refractivity contribution in [1.29, 1.82) is 0 Å². The van der Waals surface area contributed by atoms with E-state index in [9.17, 15) is 9.90 Å². The maximum absolute atomic E-state index is 11.6. The van der Waals surface area contributed by atoms with Crippen LogP contribution in [-0.2, 0) is 0 Å². The molecule has 0 saturated carbocycles. The fraction of sp³-hybridized carbons (Fsp3) is 0.286. The molecule has 0 aliphatic carbocycles. The predicted octanol–water partition coefficient (Wildman–Crippen LogP) is 1.26. The second-order valence-corrected chi connectivity index (χ2v) is 4.55. The molecule has 0 fully saturated rings. The van der Waals surface area contributed by atoms with Gasteiger partial charge in [-0.2, -0.15) is 0 Å². The summed E-state index contributed by atoms with van der Waals surface area (Å²) in [5, 5.41) is 16.2. The summed E-state index contributed by atoms with van der Waals surface area (Å²) in [5.41, 5.74) is 0.716. The number of amides is 1. The van der Waals surface area contributed by atoms with Crippen molar-refractivity contribution in [2.75, 3.05) is 13.3 Å². The molecule has 110 valence electrons. The van der Waals surface area contributed by atoms with Crippen molar-refractivity contribution in [1.82, 2.24) is 10.5 Å². The Morgan fingerprint density at radius 2 is 2.19 bits per heavy atom. The zero-order valence-corrected chi connectivity index (χ0v) is 11.1. The second kappa shape index (κ2) is 5.84. The summed E-state index contributed by atoms with van der Waals surface area (Å²) in [5.74, 6) is 1.08. The number of carbonyl (C=O) groups excluding carboxylic acids is 1. The third-order valence-corrected chi connectivity index (χ3v) is 3.15. The molecule has 2 N–H and O–H groups in total. The number of nitrogens with zero attached hydrogens (tertiary/aromatic N) is 1. The normalized spacial score (nSPS) is 14.0. The summed E-state index contributed by atoms with van der Waals surface area (Å²) >= 11 is 0. The molecule has 1 aromatic carbocycles. The van der Waals surface area contributed by atoms with Crippen molar-refractivity contribution in [3.05, 3.63) is 41.8 Å². The molecule has 1 aliphatic heterocycles. The number of ether oxygens (including phenoxy) is 2. The summed E-state index contributed by atoms with van der Waals surface area (Å²) in [6.45, 7) is 0.511. The van der Waals surface area contributed by atoms with Crippen LogP contribution >= 0.6 is 0 Å². The van der Waals surface area contributed by atoms with Gasteiger partial charge < -0.3 is 24.4 Å². The van der Waals surface area contributed by atoms with Gasteiger partial charge in [0.1, 0.15) is 0 Å². The lowest BCUT2D eigenvalue weighted by molar-refractivity contribution is 0.0906. The standard InChI is InChI=1S/C14H14N2O5/c17-10(3-5-15-14(18)12-4-6-16-21-12)9-1-2-11-13(7-9)20-8-19-11/h1-2,4,6-7,10,17H,3,5,8H2,(H,15,18). The molecule has 0 saturated heterocycles. The number of nitrogens with one attached hydrogen (secondary N) is 1. The van der Waals surface area contributed by atoms with Crippen LogP contribution < -0.4 is 14.8 Å². The van der Waals surface area contributed by atoms with Crippen molar-refractivity contribution in [3.8, 4) is 11.5 Å². The lowest BCUT2D eigenvalue weighted by Gasteiger charge is -2.11. The molecule has 21 heavy (non-hydrogen) atoms. The molecule has 0 radical (unpaired) electrons. The van der Waals surface area contributed by atoms with Gasteiger partial charge in [-0.15, -0.1) is 0 Å². The summed E-state index contributed by atoms with van der Waals surface area (Å²) in [7, 11) is 0. The highest BCUT2D eigenvalue weighted by Crippen LogP contribution is 2.34. The zero-order chi connectivity index (χ0) is 14.7. The predicted molar refractivity (Wildman–Crippen MR) is 71.0 cm³/mol. The molecular formula is C14H14N2O5. The van der Waals surface area contributed by atoms with Gasteiger partial charge in [0.2, 0.25) is 12.6 Å². The Kier molecular flexibility index (Phi) is 3.74. The van der Waals surface area contributed by atoms with Gasteiger partial charge in [-0.1, -0.05) is 11.2 Å². The average Bonchev–Trinajstić information content (AvgIpc) is 3.17. The average molecular weight is 290 g/mol. The molecule has 1 aliphatic rings. The minimum Gasteiger partial charge on any atom is -0.454 e. The molecule has 1 unspecified atom stereocenters. The van der Waals surface area contributed by atoms with Gasteiger partial charge in [-0.3, -0.25) is 4.79 Å². The fourth-order valence-electron chi connectivity index (χ4n) is 2.03. The van der Waals surface area contributed by atoms with Crippen molar-refractivity contribution >= 4 is 5.91 Å². The van der Waals surface area contributed by atoms with Gasteiger partial charge in [-0.05, 0) is 24.1 Å². The topological polar surface area (TPSA) is 93.8 Å². The van der Waals surface area contributed by atoms with E-state index in [0.717, 1.165) is 0 Å². The Bertz CT molecular complexity index is 626. The molecule has 7 heteroatoms. The molecule has 0 spiro atoms. The number of fused-ring (bicyclic) bond motifs is 1. The van der Waals surface area contributed by atoms with Crippen LogP contribution in [0.2, 0.25) is 0 Å².